The number of benzene rings is 1. The molecule has 0 amide bonds. The predicted octanol–water partition coefficient (Wildman–Crippen LogP) is 3.54. The largest absolute Gasteiger partial charge is 0.387 e. The van der Waals surface area contributed by atoms with Crippen LogP contribution in [0.25, 0.3) is 16.9 Å². The average Bonchev–Trinajstić information content (AvgIpc) is 3.50. The van der Waals surface area contributed by atoms with Crippen LogP contribution in [0.2, 0.25) is 0 Å². The minimum atomic E-state index is -0.580. The van der Waals surface area contributed by atoms with Crippen molar-refractivity contribution in [1.29, 1.82) is 0 Å². The number of anilines is 3. The fraction of sp³-hybridized carbons (Fsp3) is 0.448. The van der Waals surface area contributed by atoms with Crippen molar-refractivity contribution in [2.24, 2.45) is 5.41 Å². The number of likely N-dealkylation sites (tertiary alicyclic amines) is 1. The summed E-state index contributed by atoms with van der Waals surface area (Å²) in [4.78, 5) is 31.2. The maximum absolute atomic E-state index is 12.6. The van der Waals surface area contributed by atoms with E-state index in [4.69, 9.17) is 0 Å². The monoisotopic (exact) mass is 526 g/mol. The smallest absolute Gasteiger partial charge is 0.275 e. The highest BCUT2D eigenvalue weighted by Gasteiger charge is 2.36. The van der Waals surface area contributed by atoms with Crippen molar-refractivity contribution < 1.29 is 5.11 Å². The average molecular weight is 527 g/mol. The third kappa shape index (κ3) is 4.47. The van der Waals surface area contributed by atoms with E-state index in [9.17, 15) is 9.90 Å². The summed E-state index contributed by atoms with van der Waals surface area (Å²) in [6.07, 6.45) is 7.61. The van der Waals surface area contributed by atoms with Crippen LogP contribution in [-0.2, 0) is 6.42 Å². The number of nitrogens with zero attached hydrogens (tertiary/aromatic N) is 6. The lowest BCUT2D eigenvalue weighted by molar-refractivity contribution is 0.0945. The van der Waals surface area contributed by atoms with Crippen LogP contribution in [0.5, 0.6) is 0 Å². The van der Waals surface area contributed by atoms with Gasteiger partial charge in [0.05, 0.1) is 11.8 Å². The number of piperidine rings is 2. The Morgan fingerprint density at radius 1 is 1.00 bits per heavy atom. The molecule has 5 heterocycles. The second-order valence-electron chi connectivity index (χ2n) is 11.4. The van der Waals surface area contributed by atoms with Crippen LogP contribution < -0.4 is 15.8 Å². The molecule has 0 saturated carbocycles. The zero-order valence-electron chi connectivity index (χ0n) is 22.2. The number of rotatable bonds is 4. The summed E-state index contributed by atoms with van der Waals surface area (Å²) < 4.78 is 1.56. The molecule has 1 aromatic carbocycles. The Kier molecular flexibility index (Phi) is 5.89. The van der Waals surface area contributed by atoms with Gasteiger partial charge in [0.15, 0.2) is 11.5 Å². The van der Waals surface area contributed by atoms with E-state index in [0.29, 0.717) is 40.3 Å². The summed E-state index contributed by atoms with van der Waals surface area (Å²) >= 11 is 0. The molecule has 1 atom stereocenters. The van der Waals surface area contributed by atoms with E-state index in [1.165, 1.54) is 50.7 Å². The molecule has 4 aromatic rings. The molecule has 2 saturated heterocycles. The summed E-state index contributed by atoms with van der Waals surface area (Å²) in [5.74, 6) is 0.908. The lowest BCUT2D eigenvalue weighted by Gasteiger charge is -2.46. The maximum Gasteiger partial charge on any atom is 0.275 e. The van der Waals surface area contributed by atoms with Gasteiger partial charge in [-0.05, 0) is 100.0 Å². The number of aromatic amines is 1. The van der Waals surface area contributed by atoms with Gasteiger partial charge in [0.25, 0.3) is 5.56 Å². The lowest BCUT2D eigenvalue weighted by Crippen LogP contribution is -2.46. The molecule has 7 rings (SSSR count). The summed E-state index contributed by atoms with van der Waals surface area (Å²) in [7, 11) is 2.23. The number of hydrogen-bond acceptors (Lipinski definition) is 8. The Hall–Kier alpha value is -3.76. The quantitative estimate of drug-likeness (QED) is 0.370. The highest BCUT2D eigenvalue weighted by Crippen LogP contribution is 2.42. The summed E-state index contributed by atoms with van der Waals surface area (Å²) in [5.41, 5.74) is 4.51. The number of aliphatic hydroxyl groups is 1. The van der Waals surface area contributed by atoms with Gasteiger partial charge in [-0.2, -0.15) is 4.98 Å². The number of hydrogen-bond donors (Lipinski definition) is 3. The fourth-order valence-electron chi connectivity index (χ4n) is 6.41. The molecule has 2 aliphatic heterocycles. The molecule has 3 aromatic heterocycles. The molecule has 10 heteroatoms. The van der Waals surface area contributed by atoms with Crippen molar-refractivity contribution in [3.05, 3.63) is 64.2 Å². The van der Waals surface area contributed by atoms with Crippen LogP contribution >= 0.6 is 0 Å². The third-order valence-electron chi connectivity index (χ3n) is 9.03. The molecule has 10 nitrogen and oxygen atoms in total. The number of aryl methyl sites for hydroxylation is 1. The fourth-order valence-corrected chi connectivity index (χ4v) is 6.41. The van der Waals surface area contributed by atoms with Crippen molar-refractivity contribution in [1.82, 2.24) is 29.6 Å². The highest BCUT2D eigenvalue weighted by atomic mass is 16.3. The first-order valence-electron chi connectivity index (χ1n) is 13.9. The summed E-state index contributed by atoms with van der Waals surface area (Å²) in [6, 6.07) is 12.2. The third-order valence-corrected chi connectivity index (χ3v) is 9.03. The minimum Gasteiger partial charge on any atom is -0.387 e. The highest BCUT2D eigenvalue weighted by molar-refractivity contribution is 5.76. The number of H-pyrrole nitrogens is 1. The van der Waals surface area contributed by atoms with Crippen LogP contribution in [-0.4, -0.2) is 68.0 Å². The van der Waals surface area contributed by atoms with Gasteiger partial charge in [-0.3, -0.25) is 9.89 Å². The van der Waals surface area contributed by atoms with Crippen molar-refractivity contribution in [3.8, 4) is 5.82 Å². The maximum atomic E-state index is 12.6. The van der Waals surface area contributed by atoms with E-state index in [-0.39, 0.29) is 5.56 Å². The standard InChI is InChI=1S/C29H34N8O2/c1-35-14-10-29(11-15-35)12-16-36(17-13-29)21-6-4-20(5-7-21)31-28-30-18-22-26(33-28)37(34-27(22)39)24-9-3-19-2-8-23(38)25(19)32-24/h3-7,9,18,23,38H,2,8,10-17H2,1H3,(H,34,39)(H,30,31,33). The van der Waals surface area contributed by atoms with Crippen molar-refractivity contribution in [2.75, 3.05) is 43.4 Å². The van der Waals surface area contributed by atoms with Crippen LogP contribution in [0.4, 0.5) is 17.3 Å². The molecular formula is C29H34N8O2. The van der Waals surface area contributed by atoms with Crippen LogP contribution in [0.1, 0.15) is 49.5 Å². The van der Waals surface area contributed by atoms with E-state index in [2.05, 4.69) is 66.5 Å². The summed E-state index contributed by atoms with van der Waals surface area (Å²) in [6.45, 7) is 4.66. The van der Waals surface area contributed by atoms with Gasteiger partial charge in [0.1, 0.15) is 5.39 Å². The van der Waals surface area contributed by atoms with E-state index >= 15 is 0 Å². The van der Waals surface area contributed by atoms with Gasteiger partial charge in [0, 0.05) is 30.7 Å². The second kappa shape index (κ2) is 9.46. The molecule has 1 spiro atoms. The van der Waals surface area contributed by atoms with Gasteiger partial charge in [-0.25, -0.2) is 14.6 Å². The van der Waals surface area contributed by atoms with Crippen LogP contribution in [0.15, 0.2) is 47.4 Å². The van der Waals surface area contributed by atoms with E-state index in [1.807, 2.05) is 12.1 Å². The first-order valence-corrected chi connectivity index (χ1v) is 13.9. The van der Waals surface area contributed by atoms with Gasteiger partial charge in [0.2, 0.25) is 5.95 Å². The van der Waals surface area contributed by atoms with E-state index in [1.54, 1.807) is 4.68 Å². The Bertz CT molecular complexity index is 1560. The lowest BCUT2D eigenvalue weighted by atomic mass is 9.71. The number of aliphatic hydroxyl groups excluding tert-OH is 1. The Labute approximate surface area is 226 Å². The molecule has 39 heavy (non-hydrogen) atoms. The SMILES string of the molecule is CN1CCC2(CC1)CCN(c1ccc(Nc3ncc4c(=O)[nH]n(-c5ccc6c(n5)C(O)CC6)c4n3)cc1)CC2. The normalized spacial score (nSPS) is 21.0. The Morgan fingerprint density at radius 2 is 1.74 bits per heavy atom. The van der Waals surface area contributed by atoms with Gasteiger partial charge < -0.3 is 20.2 Å². The molecule has 1 unspecified atom stereocenters. The molecule has 2 fully saturated rings. The van der Waals surface area contributed by atoms with Crippen molar-refractivity contribution >= 4 is 28.4 Å². The first-order chi connectivity index (χ1) is 19.0. The van der Waals surface area contributed by atoms with Crippen molar-refractivity contribution in [3.63, 3.8) is 0 Å². The summed E-state index contributed by atoms with van der Waals surface area (Å²) in [5, 5.41) is 16.7. The minimum absolute atomic E-state index is 0.285. The Morgan fingerprint density at radius 3 is 2.51 bits per heavy atom. The topological polar surface area (TPSA) is 115 Å². The number of aromatic nitrogens is 5. The molecule has 1 aliphatic carbocycles. The van der Waals surface area contributed by atoms with E-state index < -0.39 is 6.10 Å². The first kappa shape index (κ1) is 24.3. The molecule has 3 N–H and O–H groups in total. The Balaban J connectivity index is 1.08. The number of fused-ring (bicyclic) bond motifs is 2. The van der Waals surface area contributed by atoms with Gasteiger partial charge >= 0.3 is 0 Å². The van der Waals surface area contributed by atoms with Crippen LogP contribution in [0, 0.1) is 5.41 Å². The molecular weight excluding hydrogens is 492 g/mol. The molecule has 202 valence electrons. The van der Waals surface area contributed by atoms with Gasteiger partial charge in [-0.1, -0.05) is 6.07 Å². The zero-order chi connectivity index (χ0) is 26.6. The van der Waals surface area contributed by atoms with E-state index in [0.717, 1.165) is 30.8 Å². The second-order valence-corrected chi connectivity index (χ2v) is 11.4. The molecule has 0 radical (unpaired) electrons. The predicted molar refractivity (Wildman–Crippen MR) is 151 cm³/mol. The zero-order valence-corrected chi connectivity index (χ0v) is 22.2. The molecule has 0 bridgehead atoms. The van der Waals surface area contributed by atoms with Crippen LogP contribution in [0.3, 0.4) is 0 Å². The number of nitrogens with one attached hydrogen (secondary N) is 2. The molecule has 3 aliphatic rings. The number of pyridine rings is 1. The van der Waals surface area contributed by atoms with Gasteiger partial charge in [-0.15, -0.1) is 0 Å². The van der Waals surface area contributed by atoms with Crippen molar-refractivity contribution in [2.45, 2.75) is 44.6 Å².